The van der Waals surface area contributed by atoms with Gasteiger partial charge < -0.3 is 14.6 Å². The van der Waals surface area contributed by atoms with Gasteiger partial charge in [0.2, 0.25) is 5.91 Å². The first-order chi connectivity index (χ1) is 14.6. The van der Waals surface area contributed by atoms with Gasteiger partial charge in [-0.1, -0.05) is 68.4 Å². The summed E-state index contributed by atoms with van der Waals surface area (Å²) >= 11 is 0. The van der Waals surface area contributed by atoms with Crippen LogP contribution in [0.2, 0.25) is 0 Å². The van der Waals surface area contributed by atoms with E-state index in [1.54, 1.807) is 0 Å². The molecule has 0 aliphatic heterocycles. The number of carbonyl (C=O) groups is 1. The summed E-state index contributed by atoms with van der Waals surface area (Å²) in [6.45, 7) is 5.01. The number of nitrogens with zero attached hydrogens (tertiary/aromatic N) is 1. The van der Waals surface area contributed by atoms with Crippen LogP contribution in [0.25, 0.3) is 10.9 Å². The van der Waals surface area contributed by atoms with Gasteiger partial charge in [0.05, 0.1) is 5.52 Å². The maximum Gasteiger partial charge on any atom is 0.244 e. The average Bonchev–Trinajstić information content (AvgIpc) is 3.16. The summed E-state index contributed by atoms with van der Waals surface area (Å²) in [5, 5.41) is 4.07. The van der Waals surface area contributed by atoms with E-state index in [1.807, 2.05) is 83.6 Å². The lowest BCUT2D eigenvalue weighted by Gasteiger charge is -2.14. The van der Waals surface area contributed by atoms with E-state index in [1.165, 1.54) is 0 Å². The molecule has 0 aliphatic rings. The number of hydrogen-bond donors (Lipinski definition) is 1. The Morgan fingerprint density at radius 2 is 1.70 bits per heavy atom. The Kier molecular flexibility index (Phi) is 5.84. The molecular weight excluding hydrogens is 372 g/mol. The van der Waals surface area contributed by atoms with Crippen LogP contribution in [0.1, 0.15) is 30.9 Å². The molecule has 0 spiro atoms. The fourth-order valence-electron chi connectivity index (χ4n) is 3.65. The van der Waals surface area contributed by atoms with Crippen molar-refractivity contribution in [1.29, 1.82) is 0 Å². The summed E-state index contributed by atoms with van der Waals surface area (Å²) in [6, 6.07) is 26.0. The quantitative estimate of drug-likeness (QED) is 0.416. The first-order valence-corrected chi connectivity index (χ1v) is 10.2. The second-order valence-corrected chi connectivity index (χ2v) is 7.70. The number of rotatable bonds is 7. The van der Waals surface area contributed by atoms with Gasteiger partial charge in [-0.15, -0.1) is 0 Å². The fraction of sp³-hybridized carbons (Fsp3) is 0.192. The van der Waals surface area contributed by atoms with Crippen molar-refractivity contribution in [3.63, 3.8) is 0 Å². The van der Waals surface area contributed by atoms with Crippen molar-refractivity contribution in [2.75, 3.05) is 5.32 Å². The number of nitrogens with one attached hydrogen (secondary N) is 1. The maximum atomic E-state index is 12.7. The number of hydrogen-bond acceptors (Lipinski definition) is 2. The Bertz CT molecular complexity index is 1150. The molecule has 0 unspecified atom stereocenters. The van der Waals surface area contributed by atoms with Crippen LogP contribution in [-0.4, -0.2) is 10.5 Å². The van der Waals surface area contributed by atoms with Crippen LogP contribution < -0.4 is 10.1 Å². The highest BCUT2D eigenvalue weighted by atomic mass is 16.5. The monoisotopic (exact) mass is 398 g/mol. The number of benzene rings is 3. The van der Waals surface area contributed by atoms with Gasteiger partial charge in [0, 0.05) is 17.3 Å². The van der Waals surface area contributed by atoms with Gasteiger partial charge in [0.15, 0.2) is 0 Å². The van der Waals surface area contributed by atoms with Crippen molar-refractivity contribution < 1.29 is 9.53 Å². The molecule has 30 heavy (non-hydrogen) atoms. The number of ether oxygens (including phenoxy) is 1. The normalized spacial score (nSPS) is 11.0. The van der Waals surface area contributed by atoms with Gasteiger partial charge in [-0.25, -0.2) is 0 Å². The highest BCUT2D eigenvalue weighted by Gasteiger charge is 2.12. The van der Waals surface area contributed by atoms with Crippen molar-refractivity contribution in [2.24, 2.45) is 0 Å². The van der Waals surface area contributed by atoms with Gasteiger partial charge in [-0.05, 0) is 41.3 Å². The molecule has 0 bridgehead atoms. The lowest BCUT2D eigenvalue weighted by Crippen LogP contribution is -2.19. The topological polar surface area (TPSA) is 43.3 Å². The van der Waals surface area contributed by atoms with Crippen molar-refractivity contribution in [2.45, 2.75) is 32.9 Å². The molecule has 0 atom stereocenters. The Labute approximate surface area is 177 Å². The molecule has 1 heterocycles. The Morgan fingerprint density at radius 3 is 2.50 bits per heavy atom. The molecule has 152 valence electrons. The van der Waals surface area contributed by atoms with Crippen molar-refractivity contribution in [1.82, 2.24) is 4.57 Å². The molecular formula is C26H26N2O2. The number of anilines is 1. The minimum Gasteiger partial charge on any atom is -0.488 e. The molecule has 0 saturated carbocycles. The maximum absolute atomic E-state index is 12.7. The highest BCUT2D eigenvalue weighted by molar-refractivity contribution is 5.93. The predicted octanol–water partition coefficient (Wildman–Crippen LogP) is 5.98. The molecule has 4 heteroatoms. The van der Waals surface area contributed by atoms with Crippen molar-refractivity contribution >= 4 is 22.5 Å². The van der Waals surface area contributed by atoms with E-state index in [-0.39, 0.29) is 12.5 Å². The van der Waals surface area contributed by atoms with Crippen molar-refractivity contribution in [3.8, 4) is 5.75 Å². The lowest BCUT2D eigenvalue weighted by atomic mass is 10.0. The van der Waals surface area contributed by atoms with Crippen LogP contribution in [-0.2, 0) is 17.9 Å². The molecule has 0 aliphatic carbocycles. The van der Waals surface area contributed by atoms with E-state index < -0.39 is 0 Å². The number of carbonyl (C=O) groups excluding carboxylic acids is 1. The van der Waals surface area contributed by atoms with E-state index in [0.29, 0.717) is 12.5 Å². The van der Waals surface area contributed by atoms with Crippen LogP contribution in [0, 0.1) is 0 Å². The third-order valence-corrected chi connectivity index (χ3v) is 5.18. The van der Waals surface area contributed by atoms with Crippen LogP contribution in [0.3, 0.4) is 0 Å². The number of amides is 1. The fourth-order valence-corrected chi connectivity index (χ4v) is 3.65. The van der Waals surface area contributed by atoms with Gasteiger partial charge in [-0.3, -0.25) is 4.79 Å². The summed E-state index contributed by atoms with van der Waals surface area (Å²) < 4.78 is 8.00. The molecule has 1 aromatic heterocycles. The van der Waals surface area contributed by atoms with Crippen molar-refractivity contribution in [3.05, 3.63) is 96.2 Å². The van der Waals surface area contributed by atoms with Gasteiger partial charge in [0.25, 0.3) is 0 Å². The Balaban J connectivity index is 1.49. The SMILES string of the molecule is CC(C)c1ccccc1NC(=O)Cn1ccc2c(OCc3ccccc3)cccc21. The summed E-state index contributed by atoms with van der Waals surface area (Å²) in [7, 11) is 0. The molecule has 0 fully saturated rings. The number of fused-ring (bicyclic) bond motifs is 1. The second-order valence-electron chi connectivity index (χ2n) is 7.70. The van der Waals surface area contributed by atoms with E-state index >= 15 is 0 Å². The lowest BCUT2D eigenvalue weighted by molar-refractivity contribution is -0.116. The minimum absolute atomic E-state index is 0.0452. The smallest absolute Gasteiger partial charge is 0.244 e. The Hall–Kier alpha value is -3.53. The van der Waals surface area contributed by atoms with E-state index in [4.69, 9.17) is 4.74 Å². The van der Waals surface area contributed by atoms with Crippen LogP contribution in [0.5, 0.6) is 5.75 Å². The van der Waals surface area contributed by atoms with E-state index in [9.17, 15) is 4.79 Å². The zero-order valence-corrected chi connectivity index (χ0v) is 17.3. The number of aromatic nitrogens is 1. The second kappa shape index (κ2) is 8.87. The number of para-hydroxylation sites is 1. The standard InChI is InChI=1S/C26H26N2O2/c1-19(2)21-11-6-7-12-23(21)27-26(29)17-28-16-15-22-24(28)13-8-14-25(22)30-18-20-9-4-3-5-10-20/h3-16,19H,17-18H2,1-2H3,(H,27,29). The zero-order valence-electron chi connectivity index (χ0n) is 17.3. The highest BCUT2D eigenvalue weighted by Crippen LogP contribution is 2.28. The Morgan fingerprint density at radius 1 is 0.933 bits per heavy atom. The molecule has 4 nitrogen and oxygen atoms in total. The predicted molar refractivity (Wildman–Crippen MR) is 122 cm³/mol. The van der Waals surface area contributed by atoms with Gasteiger partial charge >= 0.3 is 0 Å². The molecule has 0 saturated heterocycles. The van der Waals surface area contributed by atoms with Crippen LogP contribution >= 0.6 is 0 Å². The average molecular weight is 399 g/mol. The summed E-state index contributed by atoms with van der Waals surface area (Å²) in [5.74, 6) is 1.12. The molecule has 0 radical (unpaired) electrons. The molecule has 4 aromatic rings. The summed E-state index contributed by atoms with van der Waals surface area (Å²) in [4.78, 5) is 12.7. The van der Waals surface area contributed by atoms with E-state index in [0.717, 1.165) is 33.5 Å². The van der Waals surface area contributed by atoms with Gasteiger partial charge in [-0.2, -0.15) is 0 Å². The molecule has 1 N–H and O–H groups in total. The third kappa shape index (κ3) is 4.38. The summed E-state index contributed by atoms with van der Waals surface area (Å²) in [5.41, 5.74) is 4.12. The summed E-state index contributed by atoms with van der Waals surface area (Å²) in [6.07, 6.45) is 1.94. The zero-order chi connectivity index (χ0) is 20.9. The first-order valence-electron chi connectivity index (χ1n) is 10.2. The molecule has 3 aromatic carbocycles. The van der Waals surface area contributed by atoms with Crippen LogP contribution in [0.15, 0.2) is 85.1 Å². The minimum atomic E-state index is -0.0452. The van der Waals surface area contributed by atoms with E-state index in [2.05, 4.69) is 25.2 Å². The van der Waals surface area contributed by atoms with Crippen LogP contribution in [0.4, 0.5) is 5.69 Å². The molecule has 4 rings (SSSR count). The third-order valence-electron chi connectivity index (χ3n) is 5.18. The molecule has 1 amide bonds. The largest absolute Gasteiger partial charge is 0.488 e. The van der Waals surface area contributed by atoms with Gasteiger partial charge in [0.1, 0.15) is 18.9 Å². The first kappa shape index (κ1) is 19.8.